The Morgan fingerprint density at radius 2 is 1.65 bits per heavy atom. The zero-order chi connectivity index (χ0) is 19.5. The maximum absolute atomic E-state index is 12.6. The minimum Gasteiger partial charge on any atom is -0.423 e. The number of benzene rings is 2. The van der Waals surface area contributed by atoms with Crippen molar-refractivity contribution in [1.29, 1.82) is 0 Å². The summed E-state index contributed by atoms with van der Waals surface area (Å²) in [6.45, 7) is 11.9. The Bertz CT molecular complexity index is 802. The van der Waals surface area contributed by atoms with Gasteiger partial charge in [0.2, 0.25) is 0 Å². The van der Waals surface area contributed by atoms with Gasteiger partial charge in [-0.2, -0.15) is 0 Å². The van der Waals surface area contributed by atoms with Gasteiger partial charge in [0.1, 0.15) is 11.5 Å². The predicted molar refractivity (Wildman–Crippen MR) is 105 cm³/mol. The van der Waals surface area contributed by atoms with E-state index in [9.17, 15) is 9.59 Å². The van der Waals surface area contributed by atoms with Crippen LogP contribution < -0.4 is 4.74 Å². The molecule has 138 valence electrons. The van der Waals surface area contributed by atoms with E-state index in [4.69, 9.17) is 4.74 Å². The van der Waals surface area contributed by atoms with Gasteiger partial charge in [-0.15, -0.1) is 0 Å². The summed E-state index contributed by atoms with van der Waals surface area (Å²) < 4.78 is 5.77. The monoisotopic (exact) mass is 352 g/mol. The molecule has 3 heteroatoms. The number of ketones is 1. The molecule has 0 bridgehead atoms. The number of ether oxygens (including phenoxy) is 1. The lowest BCUT2D eigenvalue weighted by Gasteiger charge is -2.29. The van der Waals surface area contributed by atoms with Crippen molar-refractivity contribution in [2.24, 2.45) is 5.92 Å². The number of rotatable bonds is 6. The Labute approximate surface area is 156 Å². The third kappa shape index (κ3) is 4.60. The first-order valence-electron chi connectivity index (χ1n) is 9.03. The molecule has 0 aromatic heterocycles. The van der Waals surface area contributed by atoms with Gasteiger partial charge < -0.3 is 4.74 Å². The molecule has 0 saturated carbocycles. The molecule has 2 aromatic carbocycles. The van der Waals surface area contributed by atoms with Gasteiger partial charge in [0.25, 0.3) is 0 Å². The van der Waals surface area contributed by atoms with Gasteiger partial charge in [-0.3, -0.25) is 4.79 Å². The van der Waals surface area contributed by atoms with Crippen LogP contribution in [0, 0.1) is 19.8 Å². The number of Topliss-reactive ketones (excluding diaryl/α,β-unsaturated/α-hetero) is 1. The van der Waals surface area contributed by atoms with Gasteiger partial charge in [0.05, 0.1) is 5.56 Å². The number of aryl methyl sites for hydroxylation is 2. The number of hydrogen-bond acceptors (Lipinski definition) is 3. The lowest BCUT2D eigenvalue weighted by Crippen LogP contribution is -2.26. The zero-order valence-electron chi connectivity index (χ0n) is 16.6. The molecule has 26 heavy (non-hydrogen) atoms. The highest BCUT2D eigenvalue weighted by molar-refractivity contribution is 5.91. The van der Waals surface area contributed by atoms with Crippen molar-refractivity contribution < 1.29 is 14.3 Å². The summed E-state index contributed by atoms with van der Waals surface area (Å²) in [5.74, 6) is 0.339. The van der Waals surface area contributed by atoms with Crippen molar-refractivity contribution in [3.8, 4) is 5.75 Å². The summed E-state index contributed by atoms with van der Waals surface area (Å²) in [6, 6.07) is 12.9. The van der Waals surface area contributed by atoms with E-state index >= 15 is 0 Å². The Hall–Kier alpha value is -2.42. The second-order valence-corrected chi connectivity index (χ2v) is 7.89. The third-order valence-electron chi connectivity index (χ3n) is 4.59. The van der Waals surface area contributed by atoms with Crippen molar-refractivity contribution in [2.75, 3.05) is 0 Å². The van der Waals surface area contributed by atoms with Crippen molar-refractivity contribution in [3.05, 3.63) is 64.7 Å². The van der Waals surface area contributed by atoms with Crippen molar-refractivity contribution >= 4 is 11.8 Å². The fourth-order valence-corrected chi connectivity index (χ4v) is 3.34. The van der Waals surface area contributed by atoms with Gasteiger partial charge in [0, 0.05) is 23.3 Å². The minimum absolute atomic E-state index is 0.0182. The summed E-state index contributed by atoms with van der Waals surface area (Å²) in [4.78, 5) is 24.9. The highest BCUT2D eigenvalue weighted by atomic mass is 16.5. The van der Waals surface area contributed by atoms with Crippen LogP contribution in [0.3, 0.4) is 0 Å². The zero-order valence-corrected chi connectivity index (χ0v) is 16.6. The van der Waals surface area contributed by atoms with Gasteiger partial charge >= 0.3 is 5.97 Å². The topological polar surface area (TPSA) is 43.4 Å². The minimum atomic E-state index is -0.425. The van der Waals surface area contributed by atoms with E-state index in [1.807, 2.05) is 65.8 Å². The Balaban J connectivity index is 2.43. The normalized spacial score (nSPS) is 11.5. The van der Waals surface area contributed by atoms with E-state index in [1.165, 1.54) is 0 Å². The fraction of sp³-hybridized carbons (Fsp3) is 0.391. The number of carbonyl (C=O) groups excluding carboxylic acids is 2. The lowest BCUT2D eigenvalue weighted by molar-refractivity contribution is -0.122. The number of hydrogen-bond donors (Lipinski definition) is 0. The summed E-state index contributed by atoms with van der Waals surface area (Å²) in [7, 11) is 0. The van der Waals surface area contributed by atoms with Crippen LogP contribution in [0.15, 0.2) is 42.5 Å². The third-order valence-corrected chi connectivity index (χ3v) is 4.59. The highest BCUT2D eigenvalue weighted by Gasteiger charge is 2.31. The second kappa shape index (κ2) is 7.86. The molecule has 0 atom stereocenters. The van der Waals surface area contributed by atoms with Gasteiger partial charge in [0.15, 0.2) is 0 Å². The van der Waals surface area contributed by atoms with Crippen LogP contribution in [-0.4, -0.2) is 11.8 Å². The smallest absolute Gasteiger partial charge is 0.343 e. The standard InChI is InChI=1S/C23H28O3/c1-15(2)19(24)14-23(5,6)21-17(4)12-16(3)13-20(21)26-22(25)18-10-8-7-9-11-18/h7-13,15H,14H2,1-6H3. The highest BCUT2D eigenvalue weighted by Crippen LogP contribution is 2.38. The Morgan fingerprint density at radius 1 is 1.04 bits per heavy atom. The van der Waals surface area contributed by atoms with Crippen LogP contribution in [0.2, 0.25) is 0 Å². The molecule has 0 spiro atoms. The average Bonchev–Trinajstić information content (AvgIpc) is 2.54. The Morgan fingerprint density at radius 3 is 2.23 bits per heavy atom. The van der Waals surface area contributed by atoms with Crippen LogP contribution in [-0.2, 0) is 10.2 Å². The molecule has 0 fully saturated rings. The van der Waals surface area contributed by atoms with Crippen LogP contribution in [0.4, 0.5) is 0 Å². The molecule has 0 aliphatic carbocycles. The number of carbonyl (C=O) groups is 2. The van der Waals surface area contributed by atoms with E-state index in [1.54, 1.807) is 12.1 Å². The maximum atomic E-state index is 12.6. The largest absolute Gasteiger partial charge is 0.423 e. The molecular weight excluding hydrogens is 324 g/mol. The van der Waals surface area contributed by atoms with E-state index in [0.717, 1.165) is 16.7 Å². The van der Waals surface area contributed by atoms with Crippen molar-refractivity contribution in [3.63, 3.8) is 0 Å². The van der Waals surface area contributed by atoms with E-state index in [2.05, 4.69) is 6.07 Å². The lowest BCUT2D eigenvalue weighted by atomic mass is 9.76. The maximum Gasteiger partial charge on any atom is 0.343 e. The first kappa shape index (κ1) is 19.9. The fourth-order valence-electron chi connectivity index (χ4n) is 3.34. The summed E-state index contributed by atoms with van der Waals surface area (Å²) >= 11 is 0. The molecule has 0 amide bonds. The first-order valence-corrected chi connectivity index (χ1v) is 9.03. The summed E-state index contributed by atoms with van der Waals surface area (Å²) in [6.07, 6.45) is 0.407. The van der Waals surface area contributed by atoms with Gasteiger partial charge in [-0.1, -0.05) is 52.0 Å². The van der Waals surface area contributed by atoms with Crippen LogP contribution in [0.25, 0.3) is 0 Å². The molecular formula is C23H28O3. The molecule has 0 N–H and O–H groups in total. The second-order valence-electron chi connectivity index (χ2n) is 7.89. The Kier molecular flexibility index (Phi) is 6.01. The molecule has 0 aliphatic rings. The van der Waals surface area contributed by atoms with E-state index < -0.39 is 5.41 Å². The predicted octanol–water partition coefficient (Wildman–Crippen LogP) is 5.42. The first-order chi connectivity index (χ1) is 12.1. The van der Waals surface area contributed by atoms with Crippen LogP contribution >= 0.6 is 0 Å². The molecule has 2 rings (SSSR count). The molecule has 2 aromatic rings. The SMILES string of the molecule is Cc1cc(C)c(C(C)(C)CC(=O)C(C)C)c(OC(=O)c2ccccc2)c1. The number of esters is 1. The molecule has 0 aliphatic heterocycles. The van der Waals surface area contributed by atoms with Gasteiger partial charge in [-0.25, -0.2) is 4.79 Å². The molecule has 0 radical (unpaired) electrons. The average molecular weight is 352 g/mol. The summed E-state index contributed by atoms with van der Waals surface area (Å²) in [5, 5.41) is 0. The van der Waals surface area contributed by atoms with Crippen molar-refractivity contribution in [1.82, 2.24) is 0 Å². The summed E-state index contributed by atoms with van der Waals surface area (Å²) in [5.41, 5.74) is 3.05. The van der Waals surface area contributed by atoms with Crippen LogP contribution in [0.5, 0.6) is 5.75 Å². The molecule has 0 unspecified atom stereocenters. The van der Waals surface area contributed by atoms with E-state index in [0.29, 0.717) is 17.7 Å². The molecule has 3 nitrogen and oxygen atoms in total. The van der Waals surface area contributed by atoms with Gasteiger partial charge in [-0.05, 0) is 43.2 Å². The molecule has 0 saturated heterocycles. The quantitative estimate of drug-likeness (QED) is 0.515. The van der Waals surface area contributed by atoms with Crippen LogP contribution in [0.1, 0.15) is 61.2 Å². The van der Waals surface area contributed by atoms with E-state index in [-0.39, 0.29) is 17.7 Å². The van der Waals surface area contributed by atoms with Crippen molar-refractivity contribution in [2.45, 2.75) is 53.4 Å². The molecule has 0 heterocycles.